The van der Waals surface area contributed by atoms with E-state index in [1.807, 2.05) is 12.1 Å². The Morgan fingerprint density at radius 2 is 1.69 bits per heavy atom. The van der Waals surface area contributed by atoms with Crippen molar-refractivity contribution in [1.29, 1.82) is 0 Å². The van der Waals surface area contributed by atoms with Gasteiger partial charge in [-0.15, -0.1) is 0 Å². The van der Waals surface area contributed by atoms with Crippen LogP contribution in [0.15, 0.2) is 90.1 Å². The smallest absolute Gasteiger partial charge is 0.421 e. The summed E-state index contributed by atoms with van der Waals surface area (Å²) in [6.07, 6.45) is -0.901. The Morgan fingerprint density at radius 1 is 0.978 bits per heavy atom. The Kier molecular flexibility index (Phi) is 9.17. The number of rotatable bonds is 10. The van der Waals surface area contributed by atoms with Crippen LogP contribution in [0.25, 0.3) is 16.7 Å². The van der Waals surface area contributed by atoms with Crippen LogP contribution < -0.4 is 0 Å². The van der Waals surface area contributed by atoms with Crippen LogP contribution in [-0.2, 0) is 35.5 Å². The molecule has 8 nitrogen and oxygen atoms in total. The summed E-state index contributed by atoms with van der Waals surface area (Å²) in [6.45, 7) is 1.48. The summed E-state index contributed by atoms with van der Waals surface area (Å²) in [5, 5.41) is 9.24. The molecule has 5 rings (SSSR count). The van der Waals surface area contributed by atoms with Crippen molar-refractivity contribution < 1.29 is 31.5 Å². The highest BCUT2D eigenvalue weighted by atomic mass is 35.5. The molecule has 2 heterocycles. The lowest BCUT2D eigenvalue weighted by molar-refractivity contribution is -0.137. The minimum absolute atomic E-state index is 0.0983. The molecule has 0 aliphatic rings. The molecule has 0 spiro atoms. The number of amides is 1. The molecular weight excluding hydrogens is 629 g/mol. The van der Waals surface area contributed by atoms with Crippen molar-refractivity contribution in [3.63, 3.8) is 0 Å². The third-order valence-corrected chi connectivity index (χ3v) is 9.43. The molecule has 0 aliphatic carbocycles. The van der Waals surface area contributed by atoms with E-state index < -0.39 is 32.9 Å². The molecule has 13 heteroatoms. The van der Waals surface area contributed by atoms with Crippen LogP contribution in [0.2, 0.25) is 5.02 Å². The second kappa shape index (κ2) is 12.9. The van der Waals surface area contributed by atoms with Gasteiger partial charge in [0, 0.05) is 31.0 Å². The monoisotopic (exact) mass is 656 g/mol. The quantitative estimate of drug-likeness (QED) is 0.167. The van der Waals surface area contributed by atoms with Gasteiger partial charge in [0.25, 0.3) is 10.0 Å². The Hall–Kier alpha value is -4.42. The van der Waals surface area contributed by atoms with E-state index in [0.29, 0.717) is 46.2 Å². The number of alkyl halides is 3. The van der Waals surface area contributed by atoms with Crippen molar-refractivity contribution in [3.8, 4) is 5.69 Å². The number of carboxylic acid groups (broad SMARTS) is 1. The number of nitrogens with zero attached hydrogens (tertiary/aromatic N) is 4. The minimum atomic E-state index is -4.64. The zero-order valence-electron chi connectivity index (χ0n) is 24.0. The third-order valence-electron chi connectivity index (χ3n) is 7.33. The maximum atomic E-state index is 13.6. The summed E-state index contributed by atoms with van der Waals surface area (Å²) in [5.41, 5.74) is 2.69. The number of sulfonamides is 1. The van der Waals surface area contributed by atoms with Crippen LogP contribution in [0.5, 0.6) is 0 Å². The van der Waals surface area contributed by atoms with Crippen molar-refractivity contribution >= 4 is 38.8 Å². The van der Waals surface area contributed by atoms with Crippen molar-refractivity contribution in [3.05, 3.63) is 118 Å². The number of carbonyl (C=O) groups is 1. The largest absolute Gasteiger partial charge is 0.464 e. The molecule has 5 aromatic rings. The highest BCUT2D eigenvalue weighted by Crippen LogP contribution is 2.38. The zero-order valence-corrected chi connectivity index (χ0v) is 25.6. The van der Waals surface area contributed by atoms with Gasteiger partial charge in [0.1, 0.15) is 5.82 Å². The van der Waals surface area contributed by atoms with Crippen molar-refractivity contribution in [2.45, 2.75) is 43.7 Å². The Labute approximate surface area is 262 Å². The van der Waals surface area contributed by atoms with E-state index in [2.05, 4.69) is 9.97 Å². The first-order valence-electron chi connectivity index (χ1n) is 13.9. The fourth-order valence-corrected chi connectivity index (χ4v) is 6.55. The Bertz CT molecular complexity index is 1930. The predicted octanol–water partition coefficient (Wildman–Crippen LogP) is 7.49. The van der Waals surface area contributed by atoms with Gasteiger partial charge in [-0.3, -0.25) is 9.55 Å². The highest BCUT2D eigenvalue weighted by molar-refractivity contribution is 7.89. The molecule has 234 valence electrons. The third kappa shape index (κ3) is 7.12. The Morgan fingerprint density at radius 3 is 2.31 bits per heavy atom. The summed E-state index contributed by atoms with van der Waals surface area (Å²) >= 11 is 6.08. The number of halogens is 4. The van der Waals surface area contributed by atoms with Gasteiger partial charge in [0.15, 0.2) is 0 Å². The minimum Gasteiger partial charge on any atom is -0.464 e. The van der Waals surface area contributed by atoms with Crippen LogP contribution >= 0.6 is 11.6 Å². The standard InChI is InChI=1S/C32H28ClF3N4O4S/c1-21-7-13-25(14-8-21)45(43,44)39(31(41)42)17-15-22-9-11-24(12-10-22)40-29-19-27(33)26(32(34,35)36)18-28(29)38-30(40)6-2-4-23-5-3-16-37-20-23/h3,5,7-14,16,18-20H,2,4,6,15,17H2,1H3,(H,41,42). The van der Waals surface area contributed by atoms with E-state index in [9.17, 15) is 31.5 Å². The van der Waals surface area contributed by atoms with Gasteiger partial charge in [-0.05, 0) is 79.8 Å². The molecular formula is C32H28ClF3N4O4S. The Balaban J connectivity index is 1.42. The molecule has 0 atom stereocenters. The molecule has 0 saturated heterocycles. The van der Waals surface area contributed by atoms with E-state index in [1.165, 1.54) is 18.2 Å². The molecule has 0 unspecified atom stereocenters. The first-order chi connectivity index (χ1) is 21.3. The van der Waals surface area contributed by atoms with Gasteiger partial charge in [-0.25, -0.2) is 22.5 Å². The summed E-state index contributed by atoms with van der Waals surface area (Å²) in [7, 11) is -4.28. The maximum Gasteiger partial charge on any atom is 0.421 e. The fourth-order valence-electron chi connectivity index (χ4n) is 5.02. The summed E-state index contributed by atoms with van der Waals surface area (Å²) in [6, 6.07) is 18.8. The lowest BCUT2D eigenvalue weighted by Crippen LogP contribution is -2.37. The van der Waals surface area contributed by atoms with Crippen molar-refractivity contribution in [1.82, 2.24) is 18.8 Å². The number of hydrogen-bond acceptors (Lipinski definition) is 5. The number of aromatic nitrogens is 3. The van der Waals surface area contributed by atoms with Crippen molar-refractivity contribution in [2.75, 3.05) is 6.54 Å². The summed E-state index contributed by atoms with van der Waals surface area (Å²) in [5.74, 6) is 0.540. The normalized spacial score (nSPS) is 12.0. The lowest BCUT2D eigenvalue weighted by Gasteiger charge is -2.19. The molecule has 0 saturated carbocycles. The number of aryl methyl sites for hydroxylation is 3. The van der Waals surface area contributed by atoms with Crippen LogP contribution in [0.4, 0.5) is 18.0 Å². The SMILES string of the molecule is Cc1ccc(S(=O)(=O)N(CCc2ccc(-n3c(CCCc4cccnc4)nc4cc(C(F)(F)F)c(Cl)cc43)cc2)C(=O)O)cc1. The van der Waals surface area contributed by atoms with Crippen molar-refractivity contribution in [2.24, 2.45) is 0 Å². The molecule has 0 bridgehead atoms. The molecule has 3 aromatic carbocycles. The van der Waals surface area contributed by atoms with Gasteiger partial charge in [0.2, 0.25) is 0 Å². The van der Waals surface area contributed by atoms with Gasteiger partial charge in [0.05, 0.1) is 26.5 Å². The molecule has 0 radical (unpaired) electrons. The second-order valence-electron chi connectivity index (χ2n) is 10.5. The number of benzene rings is 3. The topological polar surface area (TPSA) is 105 Å². The molecule has 0 aliphatic heterocycles. The average Bonchev–Trinajstić information content (AvgIpc) is 3.34. The number of hydrogen-bond donors (Lipinski definition) is 1. The van der Waals surface area contributed by atoms with Gasteiger partial charge >= 0.3 is 12.3 Å². The van der Waals surface area contributed by atoms with E-state index in [0.717, 1.165) is 17.2 Å². The lowest BCUT2D eigenvalue weighted by atomic mass is 10.1. The molecule has 0 fully saturated rings. The van der Waals surface area contributed by atoms with Crippen LogP contribution in [0, 0.1) is 6.92 Å². The average molecular weight is 657 g/mol. The first kappa shape index (κ1) is 32.0. The number of pyridine rings is 1. The van der Waals surface area contributed by atoms with E-state index >= 15 is 0 Å². The van der Waals surface area contributed by atoms with E-state index in [1.54, 1.807) is 60.3 Å². The number of fused-ring (bicyclic) bond motifs is 1. The zero-order chi connectivity index (χ0) is 32.4. The predicted molar refractivity (Wildman–Crippen MR) is 164 cm³/mol. The number of imidazole rings is 1. The van der Waals surface area contributed by atoms with Crippen LogP contribution in [-0.4, -0.2) is 45.0 Å². The van der Waals surface area contributed by atoms with Crippen LogP contribution in [0.3, 0.4) is 0 Å². The molecule has 1 amide bonds. The fraction of sp³-hybridized carbons (Fsp3) is 0.219. The summed E-state index contributed by atoms with van der Waals surface area (Å²) < 4.78 is 69.0. The second-order valence-corrected chi connectivity index (χ2v) is 12.8. The molecule has 45 heavy (non-hydrogen) atoms. The van der Waals surface area contributed by atoms with E-state index in [-0.39, 0.29) is 23.4 Å². The van der Waals surface area contributed by atoms with Gasteiger partial charge in [-0.1, -0.05) is 47.5 Å². The summed E-state index contributed by atoms with van der Waals surface area (Å²) in [4.78, 5) is 20.5. The van der Waals surface area contributed by atoms with Gasteiger partial charge in [-0.2, -0.15) is 13.2 Å². The highest BCUT2D eigenvalue weighted by Gasteiger charge is 2.34. The maximum absolute atomic E-state index is 13.6. The van der Waals surface area contributed by atoms with Crippen LogP contribution in [0.1, 0.15) is 34.5 Å². The van der Waals surface area contributed by atoms with Gasteiger partial charge < -0.3 is 5.11 Å². The molecule has 2 aromatic heterocycles. The first-order valence-corrected chi connectivity index (χ1v) is 15.7. The molecule has 1 N–H and O–H groups in total. The van der Waals surface area contributed by atoms with E-state index in [4.69, 9.17) is 11.6 Å².